The van der Waals surface area contributed by atoms with Crippen molar-refractivity contribution >= 4 is 10.2 Å². The zero-order valence-corrected chi connectivity index (χ0v) is 11.3. The van der Waals surface area contributed by atoms with E-state index in [4.69, 9.17) is 0 Å². The first-order chi connectivity index (χ1) is 8.41. The molecule has 0 heterocycles. The summed E-state index contributed by atoms with van der Waals surface area (Å²) in [4.78, 5) is 0. The summed E-state index contributed by atoms with van der Waals surface area (Å²) in [6.45, 7) is 0.297. The lowest BCUT2D eigenvalue weighted by Gasteiger charge is -2.25. The second-order valence-corrected chi connectivity index (χ2v) is 6.79. The SMILES string of the molecule is CN(C)S(=O)(=O)N(Cc1ccc(F)cc1)C1CC1. The van der Waals surface area contributed by atoms with Crippen LogP contribution in [0.1, 0.15) is 18.4 Å². The molecule has 0 aliphatic heterocycles. The van der Waals surface area contributed by atoms with E-state index in [1.807, 2.05) is 0 Å². The minimum atomic E-state index is -3.41. The van der Waals surface area contributed by atoms with E-state index < -0.39 is 10.2 Å². The van der Waals surface area contributed by atoms with Crippen LogP contribution in [0.3, 0.4) is 0 Å². The number of rotatable bonds is 5. The maximum Gasteiger partial charge on any atom is 0.282 e. The van der Waals surface area contributed by atoms with Crippen molar-refractivity contribution in [2.24, 2.45) is 0 Å². The molecule has 0 aromatic heterocycles. The van der Waals surface area contributed by atoms with E-state index in [1.54, 1.807) is 12.1 Å². The largest absolute Gasteiger partial charge is 0.282 e. The standard InChI is InChI=1S/C12H17FN2O2S/c1-14(2)18(16,17)15(12-7-8-12)9-10-3-5-11(13)6-4-10/h3-6,12H,7-9H2,1-2H3. The van der Waals surface area contributed by atoms with Gasteiger partial charge in [-0.05, 0) is 30.5 Å². The van der Waals surface area contributed by atoms with E-state index in [0.29, 0.717) is 6.54 Å². The molecule has 0 N–H and O–H groups in total. The van der Waals surface area contributed by atoms with Crippen LogP contribution < -0.4 is 0 Å². The second-order valence-electron chi connectivity index (χ2n) is 4.69. The van der Waals surface area contributed by atoms with Crippen LogP contribution in [0.2, 0.25) is 0 Å². The first-order valence-corrected chi connectivity index (χ1v) is 7.24. The Labute approximate surface area is 107 Å². The molecule has 1 aromatic rings. The number of hydrogen-bond acceptors (Lipinski definition) is 2. The van der Waals surface area contributed by atoms with Gasteiger partial charge in [0.2, 0.25) is 0 Å². The Morgan fingerprint density at radius 3 is 2.22 bits per heavy atom. The molecular formula is C12H17FN2O2S. The average molecular weight is 272 g/mol. The van der Waals surface area contributed by atoms with Gasteiger partial charge in [-0.3, -0.25) is 0 Å². The van der Waals surface area contributed by atoms with E-state index in [9.17, 15) is 12.8 Å². The molecule has 0 amide bonds. The number of nitrogens with zero attached hydrogens (tertiary/aromatic N) is 2. The first kappa shape index (κ1) is 13.5. The van der Waals surface area contributed by atoms with Crippen molar-refractivity contribution in [3.8, 4) is 0 Å². The lowest BCUT2D eigenvalue weighted by molar-refractivity contribution is 0.363. The average Bonchev–Trinajstić information content (AvgIpc) is 3.11. The molecule has 6 heteroatoms. The van der Waals surface area contributed by atoms with Crippen LogP contribution in [0.25, 0.3) is 0 Å². The lowest BCUT2D eigenvalue weighted by Crippen LogP contribution is -2.40. The summed E-state index contributed by atoms with van der Waals surface area (Å²) in [7, 11) is -0.365. The molecule has 0 bridgehead atoms. The molecule has 1 fully saturated rings. The van der Waals surface area contributed by atoms with Crippen molar-refractivity contribution in [2.75, 3.05) is 14.1 Å². The van der Waals surface area contributed by atoms with Gasteiger partial charge in [0.15, 0.2) is 0 Å². The summed E-state index contributed by atoms with van der Waals surface area (Å²) < 4.78 is 39.8. The van der Waals surface area contributed by atoms with Crippen LogP contribution in [-0.2, 0) is 16.8 Å². The normalized spacial score (nSPS) is 16.5. The summed E-state index contributed by atoms with van der Waals surface area (Å²) in [5, 5.41) is 0. The van der Waals surface area contributed by atoms with Crippen molar-refractivity contribution in [1.82, 2.24) is 8.61 Å². The summed E-state index contributed by atoms with van der Waals surface area (Å²) in [5.74, 6) is -0.313. The molecule has 0 radical (unpaired) electrons. The molecular weight excluding hydrogens is 255 g/mol. The smallest absolute Gasteiger partial charge is 0.207 e. The molecule has 1 aromatic carbocycles. The molecule has 18 heavy (non-hydrogen) atoms. The van der Waals surface area contributed by atoms with Crippen LogP contribution in [0.5, 0.6) is 0 Å². The highest BCUT2D eigenvalue weighted by molar-refractivity contribution is 7.86. The molecule has 1 saturated carbocycles. The summed E-state index contributed by atoms with van der Waals surface area (Å²) in [6, 6.07) is 6.03. The van der Waals surface area contributed by atoms with Gasteiger partial charge in [0.05, 0.1) is 0 Å². The van der Waals surface area contributed by atoms with Crippen LogP contribution in [0.15, 0.2) is 24.3 Å². The zero-order valence-electron chi connectivity index (χ0n) is 10.5. The lowest BCUT2D eigenvalue weighted by atomic mass is 10.2. The third-order valence-electron chi connectivity index (χ3n) is 2.96. The second kappa shape index (κ2) is 4.95. The van der Waals surface area contributed by atoms with Gasteiger partial charge in [0.25, 0.3) is 10.2 Å². The van der Waals surface area contributed by atoms with Crippen LogP contribution in [0, 0.1) is 5.82 Å². The van der Waals surface area contributed by atoms with E-state index in [1.165, 1.54) is 34.8 Å². The minimum Gasteiger partial charge on any atom is -0.207 e. The third-order valence-corrected chi connectivity index (χ3v) is 4.91. The van der Waals surface area contributed by atoms with Crippen molar-refractivity contribution in [3.63, 3.8) is 0 Å². The Hall–Kier alpha value is -0.980. The van der Waals surface area contributed by atoms with Gasteiger partial charge >= 0.3 is 0 Å². The van der Waals surface area contributed by atoms with Crippen LogP contribution in [-0.4, -0.2) is 37.2 Å². The monoisotopic (exact) mass is 272 g/mol. The fourth-order valence-corrected chi connectivity index (χ4v) is 3.06. The number of benzene rings is 1. The van der Waals surface area contributed by atoms with E-state index >= 15 is 0 Å². The topological polar surface area (TPSA) is 40.6 Å². The van der Waals surface area contributed by atoms with Crippen molar-refractivity contribution in [3.05, 3.63) is 35.6 Å². The van der Waals surface area contributed by atoms with E-state index in [-0.39, 0.29) is 11.9 Å². The Balaban J connectivity index is 2.19. The molecule has 100 valence electrons. The molecule has 0 saturated heterocycles. The van der Waals surface area contributed by atoms with Gasteiger partial charge in [-0.15, -0.1) is 0 Å². The summed E-state index contributed by atoms with van der Waals surface area (Å²) in [6.07, 6.45) is 1.79. The highest BCUT2D eigenvalue weighted by Crippen LogP contribution is 2.31. The van der Waals surface area contributed by atoms with Crippen LogP contribution >= 0.6 is 0 Å². The Bertz CT molecular complexity index is 509. The highest BCUT2D eigenvalue weighted by atomic mass is 32.2. The molecule has 1 aliphatic carbocycles. The van der Waals surface area contributed by atoms with Gasteiger partial charge in [0.1, 0.15) is 5.82 Å². The molecule has 0 atom stereocenters. The fraction of sp³-hybridized carbons (Fsp3) is 0.500. The molecule has 0 spiro atoms. The number of hydrogen-bond donors (Lipinski definition) is 0. The number of halogens is 1. The van der Waals surface area contributed by atoms with E-state index in [2.05, 4.69) is 0 Å². The fourth-order valence-electron chi connectivity index (χ4n) is 1.74. The van der Waals surface area contributed by atoms with Gasteiger partial charge in [-0.1, -0.05) is 12.1 Å². The maximum atomic E-state index is 12.8. The summed E-state index contributed by atoms with van der Waals surface area (Å²) in [5.41, 5.74) is 0.800. The van der Waals surface area contributed by atoms with E-state index in [0.717, 1.165) is 18.4 Å². The quantitative estimate of drug-likeness (QED) is 0.817. The van der Waals surface area contributed by atoms with Gasteiger partial charge < -0.3 is 0 Å². The first-order valence-electron chi connectivity index (χ1n) is 5.85. The Morgan fingerprint density at radius 2 is 1.78 bits per heavy atom. The van der Waals surface area contributed by atoms with Crippen LogP contribution in [0.4, 0.5) is 4.39 Å². The Kier molecular flexibility index (Phi) is 3.70. The predicted octanol–water partition coefficient (Wildman–Crippen LogP) is 1.60. The van der Waals surface area contributed by atoms with Gasteiger partial charge in [0, 0.05) is 26.7 Å². The van der Waals surface area contributed by atoms with Crippen molar-refractivity contribution in [1.29, 1.82) is 0 Å². The molecule has 2 rings (SSSR count). The zero-order chi connectivity index (χ0) is 13.3. The van der Waals surface area contributed by atoms with Crippen molar-refractivity contribution < 1.29 is 12.8 Å². The molecule has 4 nitrogen and oxygen atoms in total. The highest BCUT2D eigenvalue weighted by Gasteiger charge is 2.38. The maximum absolute atomic E-state index is 12.8. The van der Waals surface area contributed by atoms with Crippen molar-refractivity contribution in [2.45, 2.75) is 25.4 Å². The molecule has 0 unspecified atom stereocenters. The minimum absolute atomic E-state index is 0.0856. The molecule has 1 aliphatic rings. The van der Waals surface area contributed by atoms with Gasteiger partial charge in [-0.25, -0.2) is 4.39 Å². The Morgan fingerprint density at radius 1 is 1.22 bits per heavy atom. The summed E-state index contributed by atoms with van der Waals surface area (Å²) >= 11 is 0. The predicted molar refractivity (Wildman–Crippen MR) is 67.6 cm³/mol. The third kappa shape index (κ3) is 2.88. The van der Waals surface area contributed by atoms with Gasteiger partial charge in [-0.2, -0.15) is 17.0 Å².